The number of nitrogens with zero attached hydrogens (tertiary/aromatic N) is 2. The van der Waals surface area contributed by atoms with Crippen molar-refractivity contribution in [2.75, 3.05) is 5.32 Å². The number of halogens is 1. The van der Waals surface area contributed by atoms with Gasteiger partial charge in [0.15, 0.2) is 0 Å². The van der Waals surface area contributed by atoms with Crippen molar-refractivity contribution >= 4 is 16.7 Å². The lowest BCUT2D eigenvalue weighted by Crippen LogP contribution is -2.08. The van der Waals surface area contributed by atoms with Crippen LogP contribution in [0, 0.1) is 5.82 Å². The van der Waals surface area contributed by atoms with Crippen molar-refractivity contribution in [2.45, 2.75) is 20.0 Å². The number of hydrogen-bond donors (Lipinski definition) is 1. The van der Waals surface area contributed by atoms with E-state index in [0.717, 1.165) is 29.1 Å². The summed E-state index contributed by atoms with van der Waals surface area (Å²) in [7, 11) is 0. The maximum absolute atomic E-state index is 13.1. The molecule has 0 spiro atoms. The molecule has 0 amide bonds. The van der Waals surface area contributed by atoms with E-state index >= 15 is 0 Å². The molecule has 1 heterocycles. The number of aryl methyl sites for hydroxylation is 1. The number of imidazole rings is 1. The summed E-state index contributed by atoms with van der Waals surface area (Å²) in [5.74, 6) is 0.719. The molecule has 0 radical (unpaired) electrons. The lowest BCUT2D eigenvalue weighted by atomic mass is 10.3. The standard InChI is InChI=1S/C16H16FN3/c1-2-20-15-9-4-3-8-14(15)19-16(20)11-18-13-7-5-6-12(17)10-13/h3-10,18H,2,11H2,1H3. The Kier molecular flexibility index (Phi) is 3.37. The van der Waals surface area contributed by atoms with E-state index in [0.29, 0.717) is 6.54 Å². The Morgan fingerprint density at radius 3 is 2.80 bits per heavy atom. The van der Waals surface area contributed by atoms with Crippen molar-refractivity contribution in [3.05, 3.63) is 60.2 Å². The van der Waals surface area contributed by atoms with Crippen LogP contribution in [0.5, 0.6) is 0 Å². The van der Waals surface area contributed by atoms with Gasteiger partial charge in [-0.25, -0.2) is 9.37 Å². The molecule has 0 aliphatic rings. The van der Waals surface area contributed by atoms with Crippen molar-refractivity contribution in [3.63, 3.8) is 0 Å². The summed E-state index contributed by atoms with van der Waals surface area (Å²) in [6.07, 6.45) is 0. The van der Waals surface area contributed by atoms with Gasteiger partial charge in [-0.1, -0.05) is 18.2 Å². The number of benzene rings is 2. The fourth-order valence-electron chi connectivity index (χ4n) is 2.39. The van der Waals surface area contributed by atoms with E-state index in [4.69, 9.17) is 0 Å². The minimum atomic E-state index is -0.237. The first kappa shape index (κ1) is 12.7. The van der Waals surface area contributed by atoms with Crippen LogP contribution in [-0.4, -0.2) is 9.55 Å². The van der Waals surface area contributed by atoms with Gasteiger partial charge in [0, 0.05) is 12.2 Å². The van der Waals surface area contributed by atoms with E-state index in [1.165, 1.54) is 12.1 Å². The predicted molar refractivity (Wildman–Crippen MR) is 79.1 cm³/mol. The molecule has 20 heavy (non-hydrogen) atoms. The molecule has 0 saturated carbocycles. The number of fused-ring (bicyclic) bond motifs is 1. The molecule has 0 aliphatic carbocycles. The van der Waals surface area contributed by atoms with Gasteiger partial charge < -0.3 is 9.88 Å². The molecule has 0 saturated heterocycles. The molecule has 3 aromatic rings. The van der Waals surface area contributed by atoms with Gasteiger partial charge in [-0.15, -0.1) is 0 Å². The van der Waals surface area contributed by atoms with Crippen LogP contribution in [0.15, 0.2) is 48.5 Å². The Balaban J connectivity index is 1.87. The van der Waals surface area contributed by atoms with E-state index in [1.807, 2.05) is 24.3 Å². The van der Waals surface area contributed by atoms with Gasteiger partial charge in [0.1, 0.15) is 11.6 Å². The maximum atomic E-state index is 13.1. The van der Waals surface area contributed by atoms with Crippen molar-refractivity contribution in [1.82, 2.24) is 9.55 Å². The van der Waals surface area contributed by atoms with Crippen LogP contribution in [-0.2, 0) is 13.1 Å². The smallest absolute Gasteiger partial charge is 0.129 e. The molecule has 2 aromatic carbocycles. The predicted octanol–water partition coefficient (Wildman–Crippen LogP) is 3.81. The van der Waals surface area contributed by atoms with Crippen molar-refractivity contribution < 1.29 is 4.39 Å². The van der Waals surface area contributed by atoms with Gasteiger partial charge in [-0.3, -0.25) is 0 Å². The van der Waals surface area contributed by atoms with Crippen molar-refractivity contribution in [1.29, 1.82) is 0 Å². The molecule has 0 bridgehead atoms. The average molecular weight is 269 g/mol. The summed E-state index contributed by atoms with van der Waals surface area (Å²) in [6, 6.07) is 14.5. The summed E-state index contributed by atoms with van der Waals surface area (Å²) >= 11 is 0. The van der Waals surface area contributed by atoms with Crippen LogP contribution in [0.1, 0.15) is 12.7 Å². The zero-order chi connectivity index (χ0) is 13.9. The zero-order valence-corrected chi connectivity index (χ0v) is 11.3. The Morgan fingerprint density at radius 1 is 1.15 bits per heavy atom. The SMILES string of the molecule is CCn1c(CNc2cccc(F)c2)nc2ccccc21. The molecule has 102 valence electrons. The highest BCUT2D eigenvalue weighted by Crippen LogP contribution is 2.17. The van der Waals surface area contributed by atoms with E-state index < -0.39 is 0 Å². The average Bonchev–Trinajstić information content (AvgIpc) is 2.82. The number of hydrogen-bond acceptors (Lipinski definition) is 2. The third-order valence-corrected chi connectivity index (χ3v) is 3.33. The Hall–Kier alpha value is -2.36. The molecule has 0 atom stereocenters. The monoisotopic (exact) mass is 269 g/mol. The molecule has 0 aliphatic heterocycles. The number of para-hydroxylation sites is 2. The largest absolute Gasteiger partial charge is 0.378 e. The fraction of sp³-hybridized carbons (Fsp3) is 0.188. The minimum Gasteiger partial charge on any atom is -0.378 e. The van der Waals surface area contributed by atoms with Crippen molar-refractivity contribution in [3.8, 4) is 0 Å². The first-order valence-electron chi connectivity index (χ1n) is 6.71. The van der Waals surface area contributed by atoms with Crippen LogP contribution >= 0.6 is 0 Å². The third-order valence-electron chi connectivity index (χ3n) is 3.33. The van der Waals surface area contributed by atoms with E-state index in [-0.39, 0.29) is 5.82 Å². The highest BCUT2D eigenvalue weighted by atomic mass is 19.1. The lowest BCUT2D eigenvalue weighted by Gasteiger charge is -2.08. The number of anilines is 1. The number of aromatic nitrogens is 2. The van der Waals surface area contributed by atoms with Crippen LogP contribution in [0.2, 0.25) is 0 Å². The highest BCUT2D eigenvalue weighted by Gasteiger charge is 2.08. The Labute approximate surface area is 117 Å². The minimum absolute atomic E-state index is 0.237. The molecular weight excluding hydrogens is 253 g/mol. The van der Waals surface area contributed by atoms with Gasteiger partial charge in [0.05, 0.1) is 17.6 Å². The summed E-state index contributed by atoms with van der Waals surface area (Å²) < 4.78 is 15.3. The molecule has 1 aromatic heterocycles. The molecular formula is C16H16FN3. The summed E-state index contributed by atoms with van der Waals surface area (Å²) in [6.45, 7) is 3.53. The first-order valence-corrected chi connectivity index (χ1v) is 6.71. The molecule has 0 unspecified atom stereocenters. The van der Waals surface area contributed by atoms with Crippen LogP contribution in [0.3, 0.4) is 0 Å². The Morgan fingerprint density at radius 2 is 2.00 bits per heavy atom. The first-order chi connectivity index (χ1) is 9.78. The maximum Gasteiger partial charge on any atom is 0.129 e. The van der Waals surface area contributed by atoms with Gasteiger partial charge in [-0.2, -0.15) is 0 Å². The zero-order valence-electron chi connectivity index (χ0n) is 11.3. The van der Waals surface area contributed by atoms with Gasteiger partial charge in [-0.05, 0) is 37.3 Å². The molecule has 3 nitrogen and oxygen atoms in total. The van der Waals surface area contributed by atoms with Gasteiger partial charge in [0.2, 0.25) is 0 Å². The normalized spacial score (nSPS) is 10.9. The Bertz CT molecular complexity index is 733. The lowest BCUT2D eigenvalue weighted by molar-refractivity contribution is 0.628. The van der Waals surface area contributed by atoms with Crippen molar-refractivity contribution in [2.24, 2.45) is 0 Å². The second-order valence-electron chi connectivity index (χ2n) is 4.62. The van der Waals surface area contributed by atoms with E-state index in [2.05, 4.69) is 27.9 Å². The highest BCUT2D eigenvalue weighted by molar-refractivity contribution is 5.75. The molecule has 0 fully saturated rings. The van der Waals surface area contributed by atoms with E-state index in [1.54, 1.807) is 6.07 Å². The molecule has 3 rings (SSSR count). The molecule has 1 N–H and O–H groups in total. The van der Waals surface area contributed by atoms with E-state index in [9.17, 15) is 4.39 Å². The topological polar surface area (TPSA) is 29.9 Å². The van der Waals surface area contributed by atoms with Gasteiger partial charge in [0.25, 0.3) is 0 Å². The fourth-order valence-corrected chi connectivity index (χ4v) is 2.39. The quantitative estimate of drug-likeness (QED) is 0.780. The molecule has 4 heteroatoms. The second kappa shape index (κ2) is 5.33. The number of nitrogens with one attached hydrogen (secondary N) is 1. The summed E-state index contributed by atoms with van der Waals surface area (Å²) in [5, 5.41) is 3.21. The second-order valence-corrected chi connectivity index (χ2v) is 4.62. The van der Waals surface area contributed by atoms with Gasteiger partial charge >= 0.3 is 0 Å². The summed E-state index contributed by atoms with van der Waals surface area (Å²) in [5.41, 5.74) is 2.89. The number of rotatable bonds is 4. The van der Waals surface area contributed by atoms with Crippen LogP contribution < -0.4 is 5.32 Å². The van der Waals surface area contributed by atoms with Crippen LogP contribution in [0.4, 0.5) is 10.1 Å². The summed E-state index contributed by atoms with van der Waals surface area (Å²) in [4.78, 5) is 4.63. The van der Waals surface area contributed by atoms with Crippen LogP contribution in [0.25, 0.3) is 11.0 Å². The third kappa shape index (κ3) is 2.37.